The molecule has 0 radical (unpaired) electrons. The molecule has 0 fully saturated rings. The zero-order valence-electron chi connectivity index (χ0n) is 11.9. The number of aliphatic carboxylic acids is 3. The van der Waals surface area contributed by atoms with Crippen molar-refractivity contribution >= 4 is 23.8 Å². The second kappa shape index (κ2) is 13.7. The van der Waals surface area contributed by atoms with E-state index < -0.39 is 42.0 Å². The van der Waals surface area contributed by atoms with Crippen molar-refractivity contribution < 1.29 is 39.6 Å². The average Bonchev–Trinajstić information content (AvgIpc) is 2.37. The normalized spacial score (nSPS) is 13.1. The molecule has 0 aromatic carbocycles. The van der Waals surface area contributed by atoms with E-state index in [2.05, 4.69) is 11.5 Å². The molecule has 12 nitrogen and oxygen atoms in total. The summed E-state index contributed by atoms with van der Waals surface area (Å²) in [5.74, 6) is -4.07. The van der Waals surface area contributed by atoms with Crippen LogP contribution in [0.3, 0.4) is 0 Å². The average molecular weight is 326 g/mol. The highest BCUT2D eigenvalue weighted by Crippen LogP contribution is 1.86. The number of hydrogen-bond acceptors (Lipinski definition) is 8. The third kappa shape index (κ3) is 20.0. The molecule has 12 heteroatoms. The number of primary amides is 1. The van der Waals surface area contributed by atoms with Crippen LogP contribution in [0.15, 0.2) is 0 Å². The lowest BCUT2D eigenvalue weighted by atomic mass is 10.2. The molecule has 0 bridgehead atoms. The van der Waals surface area contributed by atoms with Gasteiger partial charge in [-0.05, 0) is 6.92 Å². The summed E-state index contributed by atoms with van der Waals surface area (Å²) in [4.78, 5) is 39.0. The summed E-state index contributed by atoms with van der Waals surface area (Å²) in [6, 6.07) is -2.32. The largest absolute Gasteiger partial charge is 0.480 e. The van der Waals surface area contributed by atoms with Gasteiger partial charge in [-0.15, -0.1) is 0 Å². The van der Waals surface area contributed by atoms with Crippen molar-refractivity contribution in [3.05, 3.63) is 0 Å². The van der Waals surface area contributed by atoms with Gasteiger partial charge in [-0.2, -0.15) is 0 Å². The van der Waals surface area contributed by atoms with Crippen molar-refractivity contribution in [3.8, 4) is 0 Å². The number of rotatable bonds is 6. The van der Waals surface area contributed by atoms with Gasteiger partial charge in [0.15, 0.2) is 0 Å². The maximum absolute atomic E-state index is 9.99. The van der Waals surface area contributed by atoms with E-state index in [9.17, 15) is 19.2 Å². The number of amides is 1. The molecular formula is C10H22N4O8. The van der Waals surface area contributed by atoms with Gasteiger partial charge >= 0.3 is 17.9 Å². The summed E-state index contributed by atoms with van der Waals surface area (Å²) >= 11 is 0. The smallest absolute Gasteiger partial charge is 0.323 e. The highest BCUT2D eigenvalue weighted by Gasteiger charge is 2.16. The summed E-state index contributed by atoms with van der Waals surface area (Å²) in [5, 5.41) is 32.2. The molecule has 0 saturated heterocycles. The van der Waals surface area contributed by atoms with E-state index in [1.807, 2.05) is 0 Å². The third-order valence-corrected chi connectivity index (χ3v) is 1.72. The predicted octanol–water partition coefficient (Wildman–Crippen LogP) is -3.92. The van der Waals surface area contributed by atoms with Gasteiger partial charge in [0.1, 0.15) is 12.1 Å². The van der Waals surface area contributed by atoms with Gasteiger partial charge in [0.25, 0.3) is 0 Å². The molecule has 0 heterocycles. The van der Waals surface area contributed by atoms with Crippen LogP contribution in [0, 0.1) is 0 Å². The van der Waals surface area contributed by atoms with Crippen LogP contribution in [-0.4, -0.2) is 69.0 Å². The Balaban J connectivity index is -0.000000257. The second-order valence-corrected chi connectivity index (χ2v) is 3.82. The fourth-order valence-corrected chi connectivity index (χ4v) is 0.510. The number of carboxylic acids is 3. The Kier molecular flexibility index (Phi) is 15.4. The Bertz CT molecular complexity index is 374. The first-order chi connectivity index (χ1) is 9.86. The minimum atomic E-state index is -1.21. The molecule has 130 valence electrons. The molecule has 12 N–H and O–H groups in total. The zero-order valence-corrected chi connectivity index (χ0v) is 11.9. The molecule has 0 rings (SSSR count). The van der Waals surface area contributed by atoms with E-state index in [0.717, 1.165) is 0 Å². The number of hydrogen-bond donors (Lipinski definition) is 8. The van der Waals surface area contributed by atoms with Crippen LogP contribution in [0.25, 0.3) is 0 Å². The molecule has 0 aliphatic rings. The Hall–Kier alpha value is -2.28. The van der Waals surface area contributed by atoms with E-state index in [1.54, 1.807) is 0 Å². The van der Waals surface area contributed by atoms with Crippen molar-refractivity contribution in [1.29, 1.82) is 0 Å². The van der Waals surface area contributed by atoms with Crippen LogP contribution in [0.5, 0.6) is 0 Å². The van der Waals surface area contributed by atoms with E-state index in [1.165, 1.54) is 6.92 Å². The van der Waals surface area contributed by atoms with Crippen LogP contribution in [-0.2, 0) is 19.2 Å². The van der Waals surface area contributed by atoms with Crippen LogP contribution >= 0.6 is 0 Å². The fraction of sp³-hybridized carbons (Fsp3) is 0.600. The Morgan fingerprint density at radius 2 is 1.36 bits per heavy atom. The first-order valence-corrected chi connectivity index (χ1v) is 5.71. The Labute approximate surface area is 125 Å². The number of carbonyl (C=O) groups excluding carboxylic acids is 1. The molecule has 3 unspecified atom stereocenters. The maximum atomic E-state index is 9.99. The molecule has 0 aromatic rings. The quantitative estimate of drug-likeness (QED) is 0.234. The standard InChI is InChI=1S/C4H8N2O3.C4H9NO3.C2H5NO2/c5-2(4(8)9)1-3(6)7;1-2(6)3(5)4(7)8;3-1-2(4)5/h2H,1,5H2,(H2,6,7)(H,8,9);2-3,6H,5H2,1H3,(H,7,8);1,3H2,(H,4,5). The highest BCUT2D eigenvalue weighted by molar-refractivity contribution is 5.83. The molecule has 0 aromatic heterocycles. The zero-order chi connectivity index (χ0) is 18.5. The van der Waals surface area contributed by atoms with Crippen molar-refractivity contribution in [2.75, 3.05) is 6.54 Å². The first kappa shape index (κ1) is 24.7. The number of nitrogens with two attached hydrogens (primary N) is 4. The summed E-state index contributed by atoms with van der Waals surface area (Å²) in [6.07, 6.45) is -1.29. The summed E-state index contributed by atoms with van der Waals surface area (Å²) in [7, 11) is 0. The monoisotopic (exact) mass is 326 g/mol. The van der Waals surface area contributed by atoms with Crippen molar-refractivity contribution in [2.24, 2.45) is 22.9 Å². The van der Waals surface area contributed by atoms with E-state index >= 15 is 0 Å². The van der Waals surface area contributed by atoms with E-state index in [0.29, 0.717) is 0 Å². The van der Waals surface area contributed by atoms with Crippen LogP contribution in [0.4, 0.5) is 0 Å². The summed E-state index contributed by atoms with van der Waals surface area (Å²) in [5.41, 5.74) is 19.0. The molecule has 22 heavy (non-hydrogen) atoms. The molecule has 0 saturated carbocycles. The number of carbonyl (C=O) groups is 4. The fourth-order valence-electron chi connectivity index (χ4n) is 0.510. The van der Waals surface area contributed by atoms with Crippen molar-refractivity contribution in [2.45, 2.75) is 31.5 Å². The predicted molar refractivity (Wildman–Crippen MR) is 73.4 cm³/mol. The second-order valence-electron chi connectivity index (χ2n) is 3.82. The van der Waals surface area contributed by atoms with E-state index in [-0.39, 0.29) is 13.0 Å². The highest BCUT2D eigenvalue weighted by atomic mass is 16.4. The molecule has 0 aliphatic heterocycles. The lowest BCUT2D eigenvalue weighted by Crippen LogP contribution is -2.39. The van der Waals surface area contributed by atoms with Crippen LogP contribution in [0.2, 0.25) is 0 Å². The Morgan fingerprint density at radius 1 is 1.00 bits per heavy atom. The minimum Gasteiger partial charge on any atom is -0.480 e. The lowest BCUT2D eigenvalue weighted by Gasteiger charge is -2.06. The molecular weight excluding hydrogens is 304 g/mol. The van der Waals surface area contributed by atoms with Gasteiger partial charge in [0.2, 0.25) is 5.91 Å². The summed E-state index contributed by atoms with van der Waals surface area (Å²) < 4.78 is 0. The SMILES string of the molecule is CC(O)C(N)C(=O)O.NC(=O)CC(N)C(=O)O.NCC(=O)O. The van der Waals surface area contributed by atoms with Crippen LogP contribution < -0.4 is 22.9 Å². The molecule has 1 amide bonds. The molecule has 0 spiro atoms. The summed E-state index contributed by atoms with van der Waals surface area (Å²) in [6.45, 7) is 1.05. The van der Waals surface area contributed by atoms with Gasteiger partial charge in [0, 0.05) is 0 Å². The number of aliphatic hydroxyl groups is 1. The lowest BCUT2D eigenvalue weighted by molar-refractivity contribution is -0.141. The van der Waals surface area contributed by atoms with Crippen LogP contribution in [0.1, 0.15) is 13.3 Å². The van der Waals surface area contributed by atoms with Gasteiger partial charge in [-0.3, -0.25) is 19.2 Å². The minimum absolute atomic E-state index is 0.278. The maximum Gasteiger partial charge on any atom is 0.323 e. The van der Waals surface area contributed by atoms with Gasteiger partial charge in [-0.1, -0.05) is 0 Å². The Morgan fingerprint density at radius 3 is 1.41 bits per heavy atom. The molecule has 3 atom stereocenters. The van der Waals surface area contributed by atoms with Crippen molar-refractivity contribution in [1.82, 2.24) is 0 Å². The third-order valence-electron chi connectivity index (χ3n) is 1.72. The van der Waals surface area contributed by atoms with E-state index in [4.69, 9.17) is 31.9 Å². The van der Waals surface area contributed by atoms with Gasteiger partial charge < -0.3 is 43.4 Å². The molecule has 0 aliphatic carbocycles. The van der Waals surface area contributed by atoms with Gasteiger partial charge in [-0.25, -0.2) is 0 Å². The van der Waals surface area contributed by atoms with Crippen molar-refractivity contribution in [3.63, 3.8) is 0 Å². The number of carboxylic acid groups (broad SMARTS) is 3. The number of aliphatic hydroxyl groups excluding tert-OH is 1. The van der Waals surface area contributed by atoms with Gasteiger partial charge in [0.05, 0.1) is 19.1 Å². The first-order valence-electron chi connectivity index (χ1n) is 5.71. The topological polar surface area (TPSA) is 253 Å².